The zero-order chi connectivity index (χ0) is 15.6. The number of nitrogens with zero attached hydrogens (tertiary/aromatic N) is 3. The number of hydrogen-bond acceptors (Lipinski definition) is 5. The Morgan fingerprint density at radius 1 is 1.50 bits per heavy atom. The third-order valence-electron chi connectivity index (χ3n) is 2.87. The zero-order valence-electron chi connectivity index (χ0n) is 12.7. The Kier molecular flexibility index (Phi) is 5.31. The van der Waals surface area contributed by atoms with Crippen LogP contribution in [-0.4, -0.2) is 60.8 Å². The average Bonchev–Trinajstić information content (AvgIpc) is 2.67. The highest BCUT2D eigenvalue weighted by Gasteiger charge is 2.26. The Balaban J connectivity index is 2.80. The molecule has 2 N–H and O–H groups in total. The number of likely N-dealkylation sites (N-methyl/N-ethyl adjacent to an activating group) is 1. The fraction of sp³-hybridized carbons (Fsp3) is 0.750. The Morgan fingerprint density at radius 3 is 2.55 bits per heavy atom. The van der Waals surface area contributed by atoms with E-state index in [1.807, 2.05) is 21.0 Å². The lowest BCUT2D eigenvalue weighted by molar-refractivity contribution is 0.0386. The van der Waals surface area contributed by atoms with Crippen molar-refractivity contribution in [1.82, 2.24) is 19.2 Å². The summed E-state index contributed by atoms with van der Waals surface area (Å²) in [6.07, 6.45) is 1.50. The summed E-state index contributed by atoms with van der Waals surface area (Å²) in [6, 6.07) is 0. The first kappa shape index (κ1) is 17.1. The van der Waals surface area contributed by atoms with Crippen molar-refractivity contribution in [3.05, 3.63) is 12.0 Å². The van der Waals surface area contributed by atoms with E-state index >= 15 is 0 Å². The van der Waals surface area contributed by atoms with Gasteiger partial charge in [0.25, 0.3) is 10.0 Å². The maximum Gasteiger partial charge on any atom is 0.259 e. The molecule has 1 aromatic heterocycles. The lowest BCUT2D eigenvalue weighted by Crippen LogP contribution is -2.47. The highest BCUT2D eigenvalue weighted by molar-refractivity contribution is 7.89. The predicted octanol–water partition coefficient (Wildman–Crippen LogP) is -0.198. The summed E-state index contributed by atoms with van der Waals surface area (Å²) in [5.41, 5.74) is -1.14. The SMILES string of the molecule is CCn1cc(S(=O)(=O)NCC(C)(O)CN(C)C)nc1C. The summed E-state index contributed by atoms with van der Waals surface area (Å²) < 4.78 is 28.4. The van der Waals surface area contributed by atoms with Gasteiger partial charge in [0.15, 0.2) is 5.03 Å². The van der Waals surface area contributed by atoms with Crippen molar-refractivity contribution in [2.45, 2.75) is 37.9 Å². The molecular formula is C12H24N4O3S. The Labute approximate surface area is 120 Å². The summed E-state index contributed by atoms with van der Waals surface area (Å²) in [4.78, 5) is 5.83. The van der Waals surface area contributed by atoms with Gasteiger partial charge in [-0.05, 0) is 34.9 Å². The molecule has 0 radical (unpaired) electrons. The van der Waals surface area contributed by atoms with E-state index in [1.165, 1.54) is 6.20 Å². The molecule has 0 fully saturated rings. The third-order valence-corrected chi connectivity index (χ3v) is 4.14. The number of rotatable bonds is 7. The van der Waals surface area contributed by atoms with Crippen molar-refractivity contribution < 1.29 is 13.5 Å². The van der Waals surface area contributed by atoms with E-state index in [1.54, 1.807) is 23.3 Å². The Bertz CT molecular complexity index is 549. The van der Waals surface area contributed by atoms with Gasteiger partial charge in [-0.1, -0.05) is 0 Å². The van der Waals surface area contributed by atoms with Gasteiger partial charge in [-0.15, -0.1) is 0 Å². The highest BCUT2D eigenvalue weighted by atomic mass is 32.2. The molecule has 0 saturated carbocycles. The van der Waals surface area contributed by atoms with E-state index < -0.39 is 15.6 Å². The van der Waals surface area contributed by atoms with Crippen molar-refractivity contribution in [1.29, 1.82) is 0 Å². The molecule has 20 heavy (non-hydrogen) atoms. The fourth-order valence-corrected chi connectivity index (χ4v) is 3.16. The summed E-state index contributed by atoms with van der Waals surface area (Å²) in [6.45, 7) is 6.21. The normalized spacial score (nSPS) is 15.6. The van der Waals surface area contributed by atoms with Crippen molar-refractivity contribution >= 4 is 10.0 Å². The van der Waals surface area contributed by atoms with Gasteiger partial charge in [-0.3, -0.25) is 0 Å². The quantitative estimate of drug-likeness (QED) is 0.728. The van der Waals surface area contributed by atoms with Gasteiger partial charge in [0, 0.05) is 25.8 Å². The molecule has 1 heterocycles. The Hall–Kier alpha value is -0.960. The fourth-order valence-electron chi connectivity index (χ4n) is 1.99. The van der Waals surface area contributed by atoms with Crippen LogP contribution in [0.2, 0.25) is 0 Å². The van der Waals surface area contributed by atoms with Crippen LogP contribution in [0.4, 0.5) is 0 Å². The van der Waals surface area contributed by atoms with Crippen LogP contribution in [0.15, 0.2) is 11.2 Å². The van der Waals surface area contributed by atoms with Gasteiger partial charge in [0.1, 0.15) is 5.82 Å². The van der Waals surface area contributed by atoms with Crippen LogP contribution >= 0.6 is 0 Å². The maximum atomic E-state index is 12.1. The Morgan fingerprint density at radius 2 is 2.10 bits per heavy atom. The van der Waals surface area contributed by atoms with Gasteiger partial charge in [0.05, 0.1) is 5.60 Å². The molecule has 1 aromatic rings. The van der Waals surface area contributed by atoms with Crippen LogP contribution in [0.1, 0.15) is 19.7 Å². The van der Waals surface area contributed by atoms with E-state index in [9.17, 15) is 13.5 Å². The molecule has 1 atom stereocenters. The molecule has 0 aliphatic heterocycles. The number of sulfonamides is 1. The molecule has 0 bridgehead atoms. The predicted molar refractivity (Wildman–Crippen MR) is 77.0 cm³/mol. The van der Waals surface area contributed by atoms with Crippen LogP contribution in [0.3, 0.4) is 0 Å². The molecule has 0 amide bonds. The van der Waals surface area contributed by atoms with Gasteiger partial charge in [0.2, 0.25) is 0 Å². The molecule has 7 nitrogen and oxygen atoms in total. The smallest absolute Gasteiger partial charge is 0.259 e. The number of imidazole rings is 1. The highest BCUT2D eigenvalue weighted by Crippen LogP contribution is 2.10. The van der Waals surface area contributed by atoms with Gasteiger partial charge in [-0.25, -0.2) is 18.1 Å². The molecule has 0 aromatic carbocycles. The van der Waals surface area contributed by atoms with Crippen LogP contribution in [0, 0.1) is 6.92 Å². The second-order valence-electron chi connectivity index (χ2n) is 5.47. The largest absolute Gasteiger partial charge is 0.387 e. The second kappa shape index (κ2) is 6.21. The minimum absolute atomic E-state index is 0.0162. The van der Waals surface area contributed by atoms with E-state index in [-0.39, 0.29) is 11.6 Å². The van der Waals surface area contributed by atoms with Gasteiger partial charge >= 0.3 is 0 Å². The molecule has 1 unspecified atom stereocenters. The molecule has 1 rings (SSSR count). The van der Waals surface area contributed by atoms with Crippen LogP contribution in [0.5, 0.6) is 0 Å². The lowest BCUT2D eigenvalue weighted by Gasteiger charge is -2.26. The van der Waals surface area contributed by atoms with Crippen molar-refractivity contribution in [3.8, 4) is 0 Å². The summed E-state index contributed by atoms with van der Waals surface area (Å²) in [7, 11) is -0.0720. The summed E-state index contributed by atoms with van der Waals surface area (Å²) in [5, 5.41) is 10.1. The van der Waals surface area contributed by atoms with Crippen LogP contribution in [-0.2, 0) is 16.6 Å². The standard InChI is InChI=1S/C12H24N4O3S/c1-6-16-7-11(14-10(16)2)20(18,19)13-8-12(3,17)9-15(4)5/h7,13,17H,6,8-9H2,1-5H3. The minimum Gasteiger partial charge on any atom is -0.387 e. The van der Waals surface area contributed by atoms with Crippen molar-refractivity contribution in [2.24, 2.45) is 0 Å². The maximum absolute atomic E-state index is 12.1. The van der Waals surface area contributed by atoms with E-state index in [2.05, 4.69) is 9.71 Å². The second-order valence-corrected chi connectivity index (χ2v) is 7.19. The number of hydrogen-bond donors (Lipinski definition) is 2. The molecule has 8 heteroatoms. The molecule has 0 spiro atoms. The number of nitrogens with one attached hydrogen (secondary N) is 1. The topological polar surface area (TPSA) is 87.5 Å². The van der Waals surface area contributed by atoms with Gasteiger partial charge in [-0.2, -0.15) is 0 Å². The van der Waals surface area contributed by atoms with Crippen LogP contribution in [0.25, 0.3) is 0 Å². The van der Waals surface area contributed by atoms with E-state index in [0.717, 1.165) is 0 Å². The first-order valence-electron chi connectivity index (χ1n) is 6.48. The monoisotopic (exact) mass is 304 g/mol. The average molecular weight is 304 g/mol. The molecule has 0 saturated heterocycles. The molecule has 0 aliphatic carbocycles. The minimum atomic E-state index is -3.70. The molecule has 0 aliphatic rings. The van der Waals surface area contributed by atoms with Crippen molar-refractivity contribution in [3.63, 3.8) is 0 Å². The van der Waals surface area contributed by atoms with Crippen molar-refractivity contribution in [2.75, 3.05) is 27.2 Å². The number of aryl methyl sites for hydroxylation is 2. The number of aliphatic hydroxyl groups is 1. The summed E-state index contributed by atoms with van der Waals surface area (Å²) >= 11 is 0. The first-order valence-corrected chi connectivity index (χ1v) is 7.96. The van der Waals surface area contributed by atoms with Gasteiger partial charge < -0.3 is 14.6 Å². The van der Waals surface area contributed by atoms with Crippen LogP contribution < -0.4 is 4.72 Å². The zero-order valence-corrected chi connectivity index (χ0v) is 13.5. The third kappa shape index (κ3) is 4.55. The van der Waals surface area contributed by atoms with E-state index in [0.29, 0.717) is 18.9 Å². The number of aromatic nitrogens is 2. The van der Waals surface area contributed by atoms with E-state index in [4.69, 9.17) is 0 Å². The first-order chi connectivity index (χ1) is 9.07. The lowest BCUT2D eigenvalue weighted by atomic mass is 10.1. The molecular weight excluding hydrogens is 280 g/mol. The summed E-state index contributed by atoms with van der Waals surface area (Å²) in [5.74, 6) is 0.646. The molecule has 116 valence electrons.